The molecule has 1 saturated carbocycles. The van der Waals surface area contributed by atoms with Gasteiger partial charge in [-0.05, 0) is 44.9 Å². The highest BCUT2D eigenvalue weighted by atomic mass is 19.3. The summed E-state index contributed by atoms with van der Waals surface area (Å²) < 4.78 is 31.2. The Kier molecular flexibility index (Phi) is 7.84. The van der Waals surface area contributed by atoms with Crippen molar-refractivity contribution < 1.29 is 18.3 Å². The summed E-state index contributed by atoms with van der Waals surface area (Å²) in [6.07, 6.45) is 4.38. The zero-order valence-corrected chi connectivity index (χ0v) is 20.1. The molecule has 0 bridgehead atoms. The summed E-state index contributed by atoms with van der Waals surface area (Å²) >= 11 is 0. The molecule has 1 aromatic carbocycles. The van der Waals surface area contributed by atoms with E-state index < -0.39 is 6.61 Å². The molecule has 2 aliphatic rings. The van der Waals surface area contributed by atoms with Gasteiger partial charge in [0.25, 0.3) is 0 Å². The van der Waals surface area contributed by atoms with E-state index in [4.69, 9.17) is 10.5 Å². The van der Waals surface area contributed by atoms with Gasteiger partial charge in [-0.2, -0.15) is 13.8 Å². The van der Waals surface area contributed by atoms with E-state index in [1.165, 1.54) is 0 Å². The predicted molar refractivity (Wildman–Crippen MR) is 131 cm³/mol. The lowest BCUT2D eigenvalue weighted by Gasteiger charge is -2.34. The average Bonchev–Trinajstić information content (AvgIpc) is 3.30. The van der Waals surface area contributed by atoms with Gasteiger partial charge in [0.05, 0.1) is 5.69 Å². The lowest BCUT2D eigenvalue weighted by Crippen LogP contribution is -2.44. The van der Waals surface area contributed by atoms with Crippen molar-refractivity contribution in [2.45, 2.75) is 32.8 Å². The van der Waals surface area contributed by atoms with Gasteiger partial charge in [-0.1, -0.05) is 6.42 Å². The normalized spacial score (nSPS) is 20.8. The molecule has 0 spiro atoms. The molecule has 1 saturated heterocycles. The van der Waals surface area contributed by atoms with Crippen LogP contribution in [0.4, 0.5) is 31.9 Å². The molecule has 11 heteroatoms. The third-order valence-electron chi connectivity index (χ3n) is 6.82. The molecule has 9 nitrogen and oxygen atoms in total. The SMILES string of the molecule is Cc1cnc(Nc2ccc(N3CCN(C)CC3)cc2OC(F)F)nc1NC[C@@H]1CCC[C@@H]1C(N)=O. The fourth-order valence-corrected chi connectivity index (χ4v) is 4.75. The van der Waals surface area contributed by atoms with Gasteiger partial charge in [0.2, 0.25) is 11.9 Å². The summed E-state index contributed by atoms with van der Waals surface area (Å²) in [6.45, 7) is 2.92. The fraction of sp³-hybridized carbons (Fsp3) is 0.542. The minimum Gasteiger partial charge on any atom is -0.433 e. The number of ether oxygens (including phenoxy) is 1. The molecule has 4 N–H and O–H groups in total. The number of nitrogens with one attached hydrogen (secondary N) is 2. The largest absolute Gasteiger partial charge is 0.433 e. The molecule has 2 atom stereocenters. The molecule has 0 radical (unpaired) electrons. The van der Waals surface area contributed by atoms with Crippen molar-refractivity contribution in [1.29, 1.82) is 0 Å². The van der Waals surface area contributed by atoms with Crippen LogP contribution in [-0.4, -0.2) is 67.2 Å². The van der Waals surface area contributed by atoms with Crippen LogP contribution in [0.25, 0.3) is 0 Å². The third-order valence-corrected chi connectivity index (χ3v) is 6.82. The van der Waals surface area contributed by atoms with Crippen LogP contribution in [0.1, 0.15) is 24.8 Å². The second-order valence-electron chi connectivity index (χ2n) is 9.28. The third kappa shape index (κ3) is 6.27. The Morgan fingerprint density at radius 3 is 2.74 bits per heavy atom. The molecule has 1 amide bonds. The molecule has 2 heterocycles. The number of benzene rings is 1. The Hall–Kier alpha value is -3.21. The molecule has 2 fully saturated rings. The number of carbonyl (C=O) groups is 1. The topological polar surface area (TPSA) is 109 Å². The smallest absolute Gasteiger partial charge is 0.387 e. The van der Waals surface area contributed by atoms with E-state index in [1.807, 2.05) is 13.0 Å². The summed E-state index contributed by atoms with van der Waals surface area (Å²) in [6, 6.07) is 5.21. The van der Waals surface area contributed by atoms with Crippen LogP contribution in [0, 0.1) is 18.8 Å². The van der Waals surface area contributed by atoms with Gasteiger partial charge < -0.3 is 30.9 Å². The van der Waals surface area contributed by atoms with Crippen molar-refractivity contribution >= 4 is 29.0 Å². The van der Waals surface area contributed by atoms with E-state index in [0.29, 0.717) is 18.1 Å². The summed E-state index contributed by atoms with van der Waals surface area (Å²) in [7, 11) is 2.06. The van der Waals surface area contributed by atoms with E-state index in [-0.39, 0.29) is 29.4 Å². The average molecular weight is 490 g/mol. The Bertz CT molecular complexity index is 1030. The molecule has 1 aliphatic carbocycles. The lowest BCUT2D eigenvalue weighted by molar-refractivity contribution is -0.122. The molecule has 190 valence electrons. The first-order chi connectivity index (χ1) is 16.8. The van der Waals surface area contributed by atoms with Gasteiger partial charge in [-0.15, -0.1) is 0 Å². The number of alkyl halides is 2. The number of likely N-dealkylation sites (N-methyl/N-ethyl adjacent to an activating group) is 1. The highest BCUT2D eigenvalue weighted by molar-refractivity contribution is 5.77. The number of aryl methyl sites for hydroxylation is 1. The van der Waals surface area contributed by atoms with Crippen molar-refractivity contribution in [2.75, 3.05) is 55.3 Å². The maximum absolute atomic E-state index is 13.2. The predicted octanol–water partition coefficient (Wildman–Crippen LogP) is 3.20. The maximum Gasteiger partial charge on any atom is 0.387 e. The molecule has 1 aliphatic heterocycles. The van der Waals surface area contributed by atoms with Crippen LogP contribution in [0.5, 0.6) is 5.75 Å². The number of hydrogen-bond acceptors (Lipinski definition) is 8. The van der Waals surface area contributed by atoms with Crippen LogP contribution in [0.2, 0.25) is 0 Å². The monoisotopic (exact) mass is 489 g/mol. The Morgan fingerprint density at radius 1 is 1.26 bits per heavy atom. The van der Waals surface area contributed by atoms with E-state index in [0.717, 1.165) is 56.7 Å². The Balaban J connectivity index is 1.49. The van der Waals surface area contributed by atoms with Crippen LogP contribution >= 0.6 is 0 Å². The summed E-state index contributed by atoms with van der Waals surface area (Å²) in [5, 5.41) is 6.32. The van der Waals surface area contributed by atoms with Crippen molar-refractivity contribution in [1.82, 2.24) is 14.9 Å². The number of anilines is 4. The minimum absolute atomic E-state index is 0.0327. The number of rotatable bonds is 9. The van der Waals surface area contributed by atoms with Gasteiger partial charge in [-0.3, -0.25) is 4.79 Å². The molecule has 4 rings (SSSR count). The first-order valence-corrected chi connectivity index (χ1v) is 12.0. The maximum atomic E-state index is 13.2. The summed E-state index contributed by atoms with van der Waals surface area (Å²) in [5.41, 5.74) is 7.54. The second kappa shape index (κ2) is 11.0. The van der Waals surface area contributed by atoms with Gasteiger partial charge in [-0.25, -0.2) is 4.98 Å². The number of carbonyl (C=O) groups excluding carboxylic acids is 1. The number of aromatic nitrogens is 2. The zero-order valence-electron chi connectivity index (χ0n) is 20.1. The Labute approximate surface area is 204 Å². The molecule has 1 aromatic heterocycles. The van der Waals surface area contributed by atoms with E-state index in [1.54, 1.807) is 18.3 Å². The number of hydrogen-bond donors (Lipinski definition) is 3. The van der Waals surface area contributed by atoms with Gasteiger partial charge >= 0.3 is 6.61 Å². The van der Waals surface area contributed by atoms with E-state index in [2.05, 4.69) is 37.4 Å². The van der Waals surface area contributed by atoms with Crippen LogP contribution < -0.4 is 26.0 Å². The summed E-state index contributed by atoms with van der Waals surface area (Å²) in [4.78, 5) is 24.9. The van der Waals surface area contributed by atoms with Crippen molar-refractivity contribution in [2.24, 2.45) is 17.6 Å². The number of amides is 1. The number of piperazine rings is 1. The lowest BCUT2D eigenvalue weighted by atomic mass is 9.95. The molecular weight excluding hydrogens is 456 g/mol. The number of nitrogens with two attached hydrogens (primary N) is 1. The first-order valence-electron chi connectivity index (χ1n) is 12.0. The Morgan fingerprint density at radius 2 is 2.03 bits per heavy atom. The van der Waals surface area contributed by atoms with Crippen LogP contribution in [-0.2, 0) is 4.79 Å². The van der Waals surface area contributed by atoms with Crippen molar-refractivity contribution in [3.63, 3.8) is 0 Å². The highest BCUT2D eigenvalue weighted by Crippen LogP contribution is 2.34. The number of nitrogens with zero attached hydrogens (tertiary/aromatic N) is 4. The fourth-order valence-electron chi connectivity index (χ4n) is 4.75. The van der Waals surface area contributed by atoms with Crippen LogP contribution in [0.3, 0.4) is 0 Å². The standard InChI is InChI=1S/C24H33F2N7O2/c1-15-13-29-24(31-22(15)28-14-16-4-3-5-18(16)21(27)34)30-19-7-6-17(12-20(19)35-23(25)26)33-10-8-32(2)9-11-33/h6-7,12-13,16,18,23H,3-5,8-11,14H2,1-2H3,(H2,27,34)(H2,28,29,30,31)/t16-,18-/m0/s1. The first kappa shape index (κ1) is 24.9. The quantitative estimate of drug-likeness (QED) is 0.493. The van der Waals surface area contributed by atoms with Crippen molar-refractivity contribution in [3.8, 4) is 5.75 Å². The van der Waals surface area contributed by atoms with E-state index >= 15 is 0 Å². The zero-order chi connectivity index (χ0) is 24.9. The molecule has 35 heavy (non-hydrogen) atoms. The number of primary amides is 1. The van der Waals surface area contributed by atoms with Gasteiger partial charge in [0, 0.05) is 62.2 Å². The minimum atomic E-state index is -2.96. The second-order valence-corrected chi connectivity index (χ2v) is 9.28. The molecular formula is C24H33F2N7O2. The van der Waals surface area contributed by atoms with Crippen molar-refractivity contribution in [3.05, 3.63) is 30.0 Å². The number of halogens is 2. The van der Waals surface area contributed by atoms with Gasteiger partial charge in [0.15, 0.2) is 5.75 Å². The van der Waals surface area contributed by atoms with Gasteiger partial charge in [0.1, 0.15) is 5.82 Å². The van der Waals surface area contributed by atoms with Crippen LogP contribution in [0.15, 0.2) is 24.4 Å². The highest BCUT2D eigenvalue weighted by Gasteiger charge is 2.31. The summed E-state index contributed by atoms with van der Waals surface area (Å²) in [5.74, 6) is 0.667. The molecule has 0 unspecified atom stereocenters. The van der Waals surface area contributed by atoms with E-state index in [9.17, 15) is 13.6 Å². The molecule has 2 aromatic rings.